The van der Waals surface area contributed by atoms with E-state index < -0.39 is 0 Å². The van der Waals surface area contributed by atoms with Gasteiger partial charge in [0, 0.05) is 24.8 Å². The summed E-state index contributed by atoms with van der Waals surface area (Å²) in [4.78, 5) is 2.03. The first kappa shape index (κ1) is 13.1. The Hall–Kier alpha value is -2.36. The number of amidine groups is 1. The number of nitrogen functional groups attached to an aromatic ring is 1. The van der Waals surface area contributed by atoms with E-state index in [1.54, 1.807) is 6.07 Å². The molecule has 0 radical (unpaired) electrons. The monoisotopic (exact) mass is 257 g/mol. The van der Waals surface area contributed by atoms with E-state index in [0.29, 0.717) is 12.1 Å². The van der Waals surface area contributed by atoms with Crippen LogP contribution in [0.1, 0.15) is 11.1 Å². The maximum atomic E-state index is 13.2. The quantitative estimate of drug-likeness (QED) is 0.653. The molecule has 0 aromatic heterocycles. The molecule has 0 amide bonds. The highest BCUT2D eigenvalue weighted by atomic mass is 19.1. The van der Waals surface area contributed by atoms with Crippen LogP contribution in [0.2, 0.25) is 0 Å². The standard InChI is InChI=1S/C15H16FN3/c1-19(13-5-3-2-4-6-13)10-11-7-8-12(16)9-14(11)15(17)18/h2-9H,10H2,1H3,(H3,17,18). The molecule has 0 saturated heterocycles. The maximum Gasteiger partial charge on any atom is 0.123 e. The summed E-state index contributed by atoms with van der Waals surface area (Å²) in [6.45, 7) is 0.569. The second kappa shape index (κ2) is 5.52. The van der Waals surface area contributed by atoms with E-state index in [9.17, 15) is 4.39 Å². The Kier molecular flexibility index (Phi) is 3.80. The second-order valence-electron chi connectivity index (χ2n) is 4.41. The minimum atomic E-state index is -0.378. The summed E-state index contributed by atoms with van der Waals surface area (Å²) in [5, 5.41) is 7.51. The van der Waals surface area contributed by atoms with Crippen LogP contribution in [-0.2, 0) is 6.54 Å². The summed E-state index contributed by atoms with van der Waals surface area (Å²) < 4.78 is 13.2. The van der Waals surface area contributed by atoms with Gasteiger partial charge < -0.3 is 10.6 Å². The van der Waals surface area contributed by atoms with Crippen molar-refractivity contribution in [1.29, 1.82) is 5.41 Å². The number of nitrogens with one attached hydrogen (secondary N) is 1. The van der Waals surface area contributed by atoms with Crippen LogP contribution in [0.4, 0.5) is 10.1 Å². The molecular weight excluding hydrogens is 241 g/mol. The van der Waals surface area contributed by atoms with Crippen LogP contribution in [-0.4, -0.2) is 12.9 Å². The summed E-state index contributed by atoms with van der Waals surface area (Å²) in [5.41, 5.74) is 7.83. The fourth-order valence-electron chi connectivity index (χ4n) is 1.97. The third-order valence-corrected chi connectivity index (χ3v) is 2.97. The number of rotatable bonds is 4. The van der Waals surface area contributed by atoms with Crippen molar-refractivity contribution in [3.05, 3.63) is 65.5 Å². The molecule has 0 aliphatic carbocycles. The lowest BCUT2D eigenvalue weighted by Gasteiger charge is -2.21. The number of nitrogens with two attached hydrogens (primary N) is 1. The Balaban J connectivity index is 2.26. The molecule has 0 aliphatic rings. The topological polar surface area (TPSA) is 53.1 Å². The van der Waals surface area contributed by atoms with Crippen LogP contribution in [0.3, 0.4) is 0 Å². The highest BCUT2D eigenvalue weighted by Gasteiger charge is 2.09. The van der Waals surface area contributed by atoms with E-state index in [0.717, 1.165) is 11.3 Å². The van der Waals surface area contributed by atoms with Gasteiger partial charge in [0.2, 0.25) is 0 Å². The zero-order valence-corrected chi connectivity index (χ0v) is 10.7. The van der Waals surface area contributed by atoms with E-state index in [4.69, 9.17) is 11.1 Å². The van der Waals surface area contributed by atoms with Crippen molar-refractivity contribution in [2.75, 3.05) is 11.9 Å². The van der Waals surface area contributed by atoms with Crippen LogP contribution < -0.4 is 10.6 Å². The molecule has 0 unspecified atom stereocenters. The molecule has 0 saturated carbocycles. The molecule has 4 heteroatoms. The number of hydrogen-bond donors (Lipinski definition) is 2. The fourth-order valence-corrected chi connectivity index (χ4v) is 1.97. The molecule has 0 heterocycles. The lowest BCUT2D eigenvalue weighted by atomic mass is 10.1. The molecule has 2 aromatic rings. The van der Waals surface area contributed by atoms with Crippen molar-refractivity contribution in [2.24, 2.45) is 5.73 Å². The third-order valence-electron chi connectivity index (χ3n) is 2.97. The zero-order valence-electron chi connectivity index (χ0n) is 10.7. The van der Waals surface area contributed by atoms with Crippen molar-refractivity contribution in [2.45, 2.75) is 6.54 Å². The molecular formula is C15H16FN3. The summed E-state index contributed by atoms with van der Waals surface area (Å²) in [6.07, 6.45) is 0. The van der Waals surface area contributed by atoms with Crippen molar-refractivity contribution in [3.63, 3.8) is 0 Å². The van der Waals surface area contributed by atoms with Gasteiger partial charge in [0.25, 0.3) is 0 Å². The van der Waals surface area contributed by atoms with Crippen molar-refractivity contribution >= 4 is 11.5 Å². The number of para-hydroxylation sites is 1. The molecule has 0 spiro atoms. The van der Waals surface area contributed by atoms with E-state index in [1.165, 1.54) is 12.1 Å². The van der Waals surface area contributed by atoms with Crippen molar-refractivity contribution < 1.29 is 4.39 Å². The lowest BCUT2D eigenvalue weighted by molar-refractivity contribution is 0.626. The Morgan fingerprint density at radius 3 is 2.53 bits per heavy atom. The van der Waals surface area contributed by atoms with Gasteiger partial charge in [0.1, 0.15) is 11.7 Å². The molecule has 0 bridgehead atoms. The van der Waals surface area contributed by atoms with Gasteiger partial charge >= 0.3 is 0 Å². The third kappa shape index (κ3) is 3.10. The average molecular weight is 257 g/mol. The highest BCUT2D eigenvalue weighted by molar-refractivity contribution is 5.96. The molecule has 2 aromatic carbocycles. The average Bonchev–Trinajstić information content (AvgIpc) is 2.41. The van der Waals surface area contributed by atoms with Gasteiger partial charge in [0.15, 0.2) is 0 Å². The smallest absolute Gasteiger partial charge is 0.123 e. The predicted octanol–water partition coefficient (Wildman–Crippen LogP) is 2.75. The van der Waals surface area contributed by atoms with Crippen molar-refractivity contribution in [3.8, 4) is 0 Å². The fraction of sp³-hybridized carbons (Fsp3) is 0.133. The Labute approximate surface area is 112 Å². The first-order chi connectivity index (χ1) is 9.08. The van der Waals surface area contributed by atoms with Crippen LogP contribution in [0.25, 0.3) is 0 Å². The largest absolute Gasteiger partial charge is 0.384 e. The first-order valence-electron chi connectivity index (χ1n) is 5.97. The van der Waals surface area contributed by atoms with E-state index in [-0.39, 0.29) is 11.7 Å². The SMILES string of the molecule is CN(Cc1ccc(F)cc1C(=N)N)c1ccccc1. The van der Waals surface area contributed by atoms with Crippen LogP contribution in [0, 0.1) is 11.2 Å². The summed E-state index contributed by atoms with van der Waals surface area (Å²) in [6, 6.07) is 14.2. The summed E-state index contributed by atoms with van der Waals surface area (Å²) in [5.74, 6) is -0.493. The number of hydrogen-bond acceptors (Lipinski definition) is 2. The minimum Gasteiger partial charge on any atom is -0.384 e. The highest BCUT2D eigenvalue weighted by Crippen LogP contribution is 2.18. The molecule has 0 atom stereocenters. The number of nitrogens with zero attached hydrogens (tertiary/aromatic N) is 1. The Morgan fingerprint density at radius 2 is 1.89 bits per heavy atom. The number of halogens is 1. The molecule has 0 aliphatic heterocycles. The Morgan fingerprint density at radius 1 is 1.21 bits per heavy atom. The van der Waals surface area contributed by atoms with Crippen LogP contribution >= 0.6 is 0 Å². The van der Waals surface area contributed by atoms with Gasteiger partial charge in [-0.3, -0.25) is 5.41 Å². The summed E-state index contributed by atoms with van der Waals surface area (Å²) >= 11 is 0. The van der Waals surface area contributed by atoms with E-state index >= 15 is 0 Å². The molecule has 98 valence electrons. The minimum absolute atomic E-state index is 0.115. The van der Waals surface area contributed by atoms with Crippen molar-refractivity contribution in [1.82, 2.24) is 0 Å². The van der Waals surface area contributed by atoms with Crippen LogP contribution in [0.15, 0.2) is 48.5 Å². The van der Waals surface area contributed by atoms with Gasteiger partial charge in [-0.15, -0.1) is 0 Å². The number of anilines is 1. The van der Waals surface area contributed by atoms with E-state index in [2.05, 4.69) is 0 Å². The molecule has 0 fully saturated rings. The second-order valence-corrected chi connectivity index (χ2v) is 4.41. The first-order valence-corrected chi connectivity index (χ1v) is 5.97. The molecule has 3 nitrogen and oxygen atoms in total. The number of benzene rings is 2. The van der Waals surface area contributed by atoms with Gasteiger partial charge in [-0.2, -0.15) is 0 Å². The van der Waals surface area contributed by atoms with E-state index in [1.807, 2.05) is 42.3 Å². The molecule has 2 rings (SSSR count). The predicted molar refractivity (Wildman–Crippen MR) is 76.0 cm³/mol. The molecule has 3 N–H and O–H groups in total. The van der Waals surface area contributed by atoms with Gasteiger partial charge in [0.05, 0.1) is 0 Å². The summed E-state index contributed by atoms with van der Waals surface area (Å²) in [7, 11) is 1.95. The molecule has 19 heavy (non-hydrogen) atoms. The Bertz CT molecular complexity index is 581. The maximum absolute atomic E-state index is 13.2. The van der Waals surface area contributed by atoms with Gasteiger partial charge in [-0.05, 0) is 29.8 Å². The van der Waals surface area contributed by atoms with Crippen LogP contribution in [0.5, 0.6) is 0 Å². The van der Waals surface area contributed by atoms with Gasteiger partial charge in [-0.25, -0.2) is 4.39 Å². The zero-order chi connectivity index (χ0) is 13.8. The van der Waals surface area contributed by atoms with Gasteiger partial charge in [-0.1, -0.05) is 24.3 Å². The lowest BCUT2D eigenvalue weighted by Crippen LogP contribution is -2.21. The normalized spacial score (nSPS) is 10.2.